The van der Waals surface area contributed by atoms with Crippen LogP contribution in [0.2, 0.25) is 0 Å². The van der Waals surface area contributed by atoms with E-state index >= 15 is 0 Å². The summed E-state index contributed by atoms with van der Waals surface area (Å²) in [4.78, 5) is 39.4. The summed E-state index contributed by atoms with van der Waals surface area (Å²) in [6.45, 7) is 17.6. The van der Waals surface area contributed by atoms with Crippen molar-refractivity contribution in [2.24, 2.45) is 0 Å². The molecule has 0 radical (unpaired) electrons. The van der Waals surface area contributed by atoms with Crippen molar-refractivity contribution >= 4 is 23.2 Å². The fraction of sp³-hybridized carbons (Fsp3) is 0.529. The highest BCUT2D eigenvalue weighted by molar-refractivity contribution is 6.04. The number of rotatable bonds is 29. The van der Waals surface area contributed by atoms with Crippen LogP contribution in [-0.2, 0) is 45.1 Å². The van der Waals surface area contributed by atoms with Crippen LogP contribution in [0.4, 0.5) is 11.4 Å². The largest absolute Gasteiger partial charge is 0.491 e. The number of fused-ring (bicyclic) bond motifs is 1. The van der Waals surface area contributed by atoms with Crippen LogP contribution >= 0.6 is 0 Å². The monoisotopic (exact) mass is 926 g/mol. The van der Waals surface area contributed by atoms with Gasteiger partial charge in [0.05, 0.1) is 90.6 Å². The molecule has 1 fully saturated rings. The van der Waals surface area contributed by atoms with Crippen LogP contribution in [0.5, 0.6) is 5.75 Å². The van der Waals surface area contributed by atoms with Gasteiger partial charge in [0.2, 0.25) is 5.91 Å². The van der Waals surface area contributed by atoms with Crippen LogP contribution < -0.4 is 25.6 Å². The fourth-order valence-electron chi connectivity index (χ4n) is 8.17. The first-order chi connectivity index (χ1) is 32.6. The maximum absolute atomic E-state index is 13.9. The number of piperazine rings is 1. The molecule has 0 aliphatic carbocycles. The van der Waals surface area contributed by atoms with Crippen LogP contribution in [0.15, 0.2) is 85.3 Å². The normalized spacial score (nSPS) is 17.3. The van der Waals surface area contributed by atoms with Crippen molar-refractivity contribution in [2.75, 3.05) is 129 Å². The van der Waals surface area contributed by atoms with E-state index in [1.807, 2.05) is 53.6 Å². The van der Waals surface area contributed by atoms with Gasteiger partial charge in [-0.15, -0.1) is 0 Å². The number of methoxy groups -OCH3 is 1. The zero-order valence-corrected chi connectivity index (χ0v) is 40.0. The molecule has 4 aromatic rings. The van der Waals surface area contributed by atoms with E-state index in [1.165, 1.54) is 0 Å². The minimum atomic E-state index is -0.247. The van der Waals surface area contributed by atoms with Crippen molar-refractivity contribution < 1.29 is 42.7 Å². The third-order valence-corrected chi connectivity index (χ3v) is 11.8. The Kier molecular flexibility index (Phi) is 20.9. The van der Waals surface area contributed by atoms with E-state index in [4.69, 9.17) is 38.1 Å². The van der Waals surface area contributed by atoms with E-state index in [-0.39, 0.29) is 29.3 Å². The Balaban J connectivity index is 0.767. The lowest BCUT2D eigenvalue weighted by atomic mass is 9.91. The van der Waals surface area contributed by atoms with Gasteiger partial charge in [0, 0.05) is 93.1 Å². The molecule has 0 unspecified atom stereocenters. The molecule has 16 heteroatoms. The topological polar surface area (TPSA) is 167 Å². The number of aromatic nitrogens is 2. The van der Waals surface area contributed by atoms with Gasteiger partial charge >= 0.3 is 0 Å². The Labute approximate surface area is 396 Å². The number of hydrogen-bond donors (Lipinski definition) is 3. The molecule has 2 aromatic heterocycles. The standard InChI is InChI=1S/C51H71N7O9/c1-38-34-57(45(33-54-38)36-61-5)35-48(59)58-37-51(3,4)49-46(58)31-40(32-55-49)30-43-8-6-7-9-47(43)67-29-28-66-27-26-65-25-24-64-23-22-63-21-20-62-19-18-53-39(2)41-10-12-42(13-11-41)50(60)56-44-14-16-52-17-15-44/h6-17,31-32,38-39,45,53-54H,18-30,33-37H2,1-5H3,(H,52,56,60)/t38-,39-,45-/m1/s1. The first-order valence-electron chi connectivity index (χ1n) is 23.5. The van der Waals surface area contributed by atoms with E-state index in [1.54, 1.807) is 31.6 Å². The number of nitrogens with zero attached hydrogens (tertiary/aromatic N) is 4. The second-order valence-electron chi connectivity index (χ2n) is 17.6. The number of para-hydroxylation sites is 1. The molecule has 2 aliphatic rings. The van der Waals surface area contributed by atoms with Gasteiger partial charge in [-0.25, -0.2) is 0 Å². The minimum Gasteiger partial charge on any atom is -0.491 e. The summed E-state index contributed by atoms with van der Waals surface area (Å²) in [5, 5.41) is 9.82. The SMILES string of the molecule is COC[C@H]1CN[C@H](C)CN1CC(=O)N1CC(C)(C)c2ncc(Cc3ccccc3OCCOCCOCCOCCOCCOCCN[C@H](C)c3ccc(C(=O)Nc4ccncc4)cc3)cc21. The highest BCUT2D eigenvalue weighted by Crippen LogP contribution is 2.40. The van der Waals surface area contributed by atoms with Crippen molar-refractivity contribution in [3.05, 3.63) is 113 Å². The zero-order valence-electron chi connectivity index (χ0n) is 40.0. The molecule has 0 spiro atoms. The lowest BCUT2D eigenvalue weighted by Gasteiger charge is -2.39. The van der Waals surface area contributed by atoms with E-state index in [0.29, 0.717) is 123 Å². The second kappa shape index (κ2) is 27.2. The number of ether oxygens (including phenoxy) is 7. The molecule has 67 heavy (non-hydrogen) atoms. The van der Waals surface area contributed by atoms with Gasteiger partial charge in [0.15, 0.2) is 0 Å². The van der Waals surface area contributed by atoms with Crippen molar-refractivity contribution in [3.8, 4) is 5.75 Å². The fourth-order valence-corrected chi connectivity index (χ4v) is 8.17. The van der Waals surface area contributed by atoms with E-state index in [9.17, 15) is 9.59 Å². The van der Waals surface area contributed by atoms with Gasteiger partial charge in [-0.1, -0.05) is 44.2 Å². The number of carbonyl (C=O) groups excluding carboxylic acids is 2. The first-order valence-corrected chi connectivity index (χ1v) is 23.5. The number of benzene rings is 2. The summed E-state index contributed by atoms with van der Waals surface area (Å²) in [6, 6.07) is 21.8. The van der Waals surface area contributed by atoms with Crippen molar-refractivity contribution in [3.63, 3.8) is 0 Å². The summed E-state index contributed by atoms with van der Waals surface area (Å²) < 4.78 is 40.0. The summed E-state index contributed by atoms with van der Waals surface area (Å²) >= 11 is 0. The lowest BCUT2D eigenvalue weighted by molar-refractivity contribution is -0.121. The van der Waals surface area contributed by atoms with Gasteiger partial charge in [0.1, 0.15) is 12.4 Å². The molecule has 3 N–H and O–H groups in total. The Hall–Kier alpha value is -4.88. The molecule has 16 nitrogen and oxygen atoms in total. The van der Waals surface area contributed by atoms with Gasteiger partial charge in [0.25, 0.3) is 5.91 Å². The molecule has 2 aromatic carbocycles. The molecule has 2 amide bonds. The zero-order chi connectivity index (χ0) is 47.3. The molecule has 2 aliphatic heterocycles. The minimum absolute atomic E-state index is 0.0866. The number of pyridine rings is 2. The van der Waals surface area contributed by atoms with Crippen LogP contribution in [0.3, 0.4) is 0 Å². The lowest BCUT2D eigenvalue weighted by Crippen LogP contribution is -2.59. The molecule has 0 bridgehead atoms. The summed E-state index contributed by atoms with van der Waals surface area (Å²) in [7, 11) is 1.71. The predicted octanol–water partition coefficient (Wildman–Crippen LogP) is 5.07. The maximum Gasteiger partial charge on any atom is 0.255 e. The second-order valence-corrected chi connectivity index (χ2v) is 17.6. The third kappa shape index (κ3) is 16.4. The van der Waals surface area contributed by atoms with Gasteiger partial charge in [-0.3, -0.25) is 24.5 Å². The van der Waals surface area contributed by atoms with Crippen molar-refractivity contribution in [1.82, 2.24) is 25.5 Å². The molecule has 6 rings (SSSR count). The summed E-state index contributed by atoms with van der Waals surface area (Å²) in [5.41, 5.74) is 6.06. The average molecular weight is 926 g/mol. The number of nitrogens with one attached hydrogen (secondary N) is 3. The number of amides is 2. The van der Waals surface area contributed by atoms with E-state index in [0.717, 1.165) is 46.9 Å². The maximum atomic E-state index is 13.9. The Bertz CT molecular complexity index is 2090. The Morgan fingerprint density at radius 1 is 0.851 bits per heavy atom. The first kappa shape index (κ1) is 51.5. The van der Waals surface area contributed by atoms with Gasteiger partial charge in [-0.2, -0.15) is 0 Å². The molecule has 4 heterocycles. The van der Waals surface area contributed by atoms with Gasteiger partial charge < -0.3 is 54.0 Å². The summed E-state index contributed by atoms with van der Waals surface area (Å²) in [6.07, 6.45) is 5.84. The average Bonchev–Trinajstić information content (AvgIpc) is 3.60. The number of anilines is 2. The van der Waals surface area contributed by atoms with Gasteiger partial charge in [-0.05, 0) is 66.9 Å². The smallest absolute Gasteiger partial charge is 0.255 e. The van der Waals surface area contributed by atoms with Crippen LogP contribution in [0.25, 0.3) is 0 Å². The molecular formula is C51H71N7O9. The molecule has 3 atom stereocenters. The van der Waals surface area contributed by atoms with Crippen molar-refractivity contribution in [1.29, 1.82) is 0 Å². The summed E-state index contributed by atoms with van der Waals surface area (Å²) in [5.74, 6) is 0.727. The molecule has 0 saturated carbocycles. The Morgan fingerprint density at radius 2 is 1.49 bits per heavy atom. The predicted molar refractivity (Wildman–Crippen MR) is 258 cm³/mol. The van der Waals surface area contributed by atoms with Crippen LogP contribution in [0.1, 0.15) is 66.5 Å². The van der Waals surface area contributed by atoms with E-state index < -0.39 is 0 Å². The quantitative estimate of drug-likeness (QED) is 0.0619. The highest BCUT2D eigenvalue weighted by Gasteiger charge is 2.40. The molecular weight excluding hydrogens is 855 g/mol. The number of hydrogen-bond acceptors (Lipinski definition) is 14. The van der Waals surface area contributed by atoms with Crippen LogP contribution in [0, 0.1) is 0 Å². The number of carbonyl (C=O) groups is 2. The Morgan fingerprint density at radius 3 is 2.16 bits per heavy atom. The molecule has 364 valence electrons. The van der Waals surface area contributed by atoms with Crippen molar-refractivity contribution in [2.45, 2.75) is 57.7 Å². The molecule has 1 saturated heterocycles. The van der Waals surface area contributed by atoms with E-state index in [2.05, 4.69) is 65.7 Å². The highest BCUT2D eigenvalue weighted by atomic mass is 16.6. The third-order valence-electron chi connectivity index (χ3n) is 11.8. The van der Waals surface area contributed by atoms with Crippen LogP contribution in [-0.4, -0.2) is 158 Å².